The van der Waals surface area contributed by atoms with Crippen molar-refractivity contribution in [1.29, 1.82) is 0 Å². The van der Waals surface area contributed by atoms with Crippen LogP contribution in [0.25, 0.3) is 0 Å². The van der Waals surface area contributed by atoms with E-state index in [0.29, 0.717) is 22.9 Å². The number of nitrogens with one attached hydrogen (secondary N) is 1. The van der Waals surface area contributed by atoms with Crippen molar-refractivity contribution >= 4 is 17.3 Å². The van der Waals surface area contributed by atoms with Gasteiger partial charge in [-0.15, -0.1) is 0 Å². The molecule has 0 spiro atoms. The molecule has 0 radical (unpaired) electrons. The van der Waals surface area contributed by atoms with Gasteiger partial charge in [-0.1, -0.05) is 6.92 Å². The van der Waals surface area contributed by atoms with Crippen molar-refractivity contribution in [2.24, 2.45) is 5.92 Å². The predicted octanol–water partition coefficient (Wildman–Crippen LogP) is 1.77. The van der Waals surface area contributed by atoms with E-state index in [1.54, 1.807) is 18.2 Å². The molecule has 0 saturated heterocycles. The molecule has 1 aliphatic rings. The molecular weight excluding hydrogens is 214 g/mol. The lowest BCUT2D eigenvalue weighted by Gasteiger charge is -2.13. The smallest absolute Gasteiger partial charge is 0.253 e. The van der Waals surface area contributed by atoms with Crippen molar-refractivity contribution in [1.82, 2.24) is 5.32 Å². The summed E-state index contributed by atoms with van der Waals surface area (Å²) < 4.78 is 0. The van der Waals surface area contributed by atoms with Gasteiger partial charge in [-0.05, 0) is 43.4 Å². The Hall–Kier alpha value is -1.71. The number of nitrogen functional groups attached to an aromatic ring is 2. The van der Waals surface area contributed by atoms with E-state index in [1.807, 2.05) is 0 Å². The van der Waals surface area contributed by atoms with Crippen LogP contribution in [0.5, 0.6) is 0 Å². The average molecular weight is 233 g/mol. The zero-order chi connectivity index (χ0) is 12.4. The van der Waals surface area contributed by atoms with Gasteiger partial charge in [0.25, 0.3) is 5.91 Å². The molecule has 2 unspecified atom stereocenters. The molecule has 4 nitrogen and oxygen atoms in total. The highest BCUT2D eigenvalue weighted by Crippen LogP contribution is 2.25. The molecule has 1 amide bonds. The largest absolute Gasteiger partial charge is 0.399 e. The number of benzene rings is 1. The zero-order valence-electron chi connectivity index (χ0n) is 10.1. The summed E-state index contributed by atoms with van der Waals surface area (Å²) in [5.74, 6) is 0.602. The Morgan fingerprint density at radius 2 is 2.12 bits per heavy atom. The molecule has 1 aromatic rings. The van der Waals surface area contributed by atoms with Crippen LogP contribution < -0.4 is 16.8 Å². The number of hydrogen-bond donors (Lipinski definition) is 3. The van der Waals surface area contributed by atoms with Gasteiger partial charge in [0.05, 0.1) is 5.56 Å². The number of nitrogens with two attached hydrogens (primary N) is 2. The maximum Gasteiger partial charge on any atom is 0.253 e. The summed E-state index contributed by atoms with van der Waals surface area (Å²) in [6, 6.07) is 5.28. The van der Waals surface area contributed by atoms with E-state index >= 15 is 0 Å². The number of rotatable bonds is 2. The van der Waals surface area contributed by atoms with Gasteiger partial charge in [0.1, 0.15) is 0 Å². The van der Waals surface area contributed by atoms with Gasteiger partial charge < -0.3 is 16.8 Å². The first kappa shape index (κ1) is 11.8. The number of amides is 1. The number of carbonyl (C=O) groups is 1. The quantitative estimate of drug-likeness (QED) is 0.681. The van der Waals surface area contributed by atoms with Gasteiger partial charge in [0.15, 0.2) is 0 Å². The highest BCUT2D eigenvalue weighted by molar-refractivity contribution is 5.99. The molecule has 0 bridgehead atoms. The van der Waals surface area contributed by atoms with Crippen LogP contribution in [-0.4, -0.2) is 11.9 Å². The monoisotopic (exact) mass is 233 g/mol. The second-order valence-corrected chi connectivity index (χ2v) is 4.94. The summed E-state index contributed by atoms with van der Waals surface area (Å²) in [5, 5.41) is 3.03. The fourth-order valence-corrected chi connectivity index (χ4v) is 2.39. The molecule has 4 heteroatoms. The van der Waals surface area contributed by atoms with Gasteiger partial charge in [0, 0.05) is 17.4 Å². The molecule has 1 aliphatic carbocycles. The van der Waals surface area contributed by atoms with Gasteiger partial charge in [0.2, 0.25) is 0 Å². The lowest BCUT2D eigenvalue weighted by Crippen LogP contribution is -2.33. The number of carbonyl (C=O) groups excluding carboxylic acids is 1. The molecule has 1 aromatic carbocycles. The van der Waals surface area contributed by atoms with Crippen molar-refractivity contribution in [3.63, 3.8) is 0 Å². The third kappa shape index (κ3) is 2.70. The van der Waals surface area contributed by atoms with Crippen LogP contribution >= 0.6 is 0 Å². The Kier molecular flexibility index (Phi) is 3.22. The molecule has 1 fully saturated rings. The first-order valence-corrected chi connectivity index (χ1v) is 6.02. The maximum absolute atomic E-state index is 12.0. The number of anilines is 2. The van der Waals surface area contributed by atoms with Crippen molar-refractivity contribution in [3.05, 3.63) is 23.8 Å². The maximum atomic E-state index is 12.0. The van der Waals surface area contributed by atoms with Crippen LogP contribution in [0.3, 0.4) is 0 Å². The third-order valence-electron chi connectivity index (χ3n) is 3.35. The van der Waals surface area contributed by atoms with Crippen molar-refractivity contribution in [2.45, 2.75) is 32.2 Å². The van der Waals surface area contributed by atoms with Crippen LogP contribution in [0.4, 0.5) is 11.4 Å². The van der Waals surface area contributed by atoms with E-state index in [0.717, 1.165) is 12.8 Å². The number of hydrogen-bond acceptors (Lipinski definition) is 3. The predicted molar refractivity (Wildman–Crippen MR) is 69.5 cm³/mol. The Morgan fingerprint density at radius 3 is 2.71 bits per heavy atom. The van der Waals surface area contributed by atoms with Crippen molar-refractivity contribution < 1.29 is 4.79 Å². The van der Waals surface area contributed by atoms with E-state index in [2.05, 4.69) is 12.2 Å². The minimum atomic E-state index is -0.0957. The summed E-state index contributed by atoms with van der Waals surface area (Å²) in [7, 11) is 0. The normalized spacial score (nSPS) is 23.6. The summed E-state index contributed by atoms with van der Waals surface area (Å²) in [6.45, 7) is 2.21. The lowest BCUT2D eigenvalue weighted by atomic mass is 10.1. The minimum absolute atomic E-state index is 0.0957. The Bertz CT molecular complexity index is 431. The molecule has 5 N–H and O–H groups in total. The van der Waals surface area contributed by atoms with Crippen LogP contribution in [0.1, 0.15) is 36.5 Å². The lowest BCUT2D eigenvalue weighted by molar-refractivity contribution is 0.0938. The third-order valence-corrected chi connectivity index (χ3v) is 3.35. The molecule has 2 atom stereocenters. The van der Waals surface area contributed by atoms with E-state index in [9.17, 15) is 4.79 Å². The van der Waals surface area contributed by atoms with Gasteiger partial charge in [-0.25, -0.2) is 0 Å². The SMILES string of the molecule is CC1CCC(NC(=O)c2ccc(N)cc2N)C1. The van der Waals surface area contributed by atoms with Gasteiger partial charge in [-0.3, -0.25) is 4.79 Å². The van der Waals surface area contributed by atoms with Crippen molar-refractivity contribution in [3.8, 4) is 0 Å². The van der Waals surface area contributed by atoms with E-state index in [-0.39, 0.29) is 11.9 Å². The van der Waals surface area contributed by atoms with Crippen molar-refractivity contribution in [2.75, 3.05) is 11.5 Å². The van der Waals surface area contributed by atoms with Gasteiger partial charge >= 0.3 is 0 Å². The van der Waals surface area contributed by atoms with Crippen LogP contribution in [0.15, 0.2) is 18.2 Å². The standard InChI is InChI=1S/C13H19N3O/c1-8-2-4-10(6-8)16-13(17)11-5-3-9(14)7-12(11)15/h3,5,7-8,10H,2,4,6,14-15H2,1H3,(H,16,17). The second-order valence-electron chi connectivity index (χ2n) is 4.94. The summed E-state index contributed by atoms with van der Waals surface area (Å²) in [4.78, 5) is 12.0. The zero-order valence-corrected chi connectivity index (χ0v) is 10.1. The summed E-state index contributed by atoms with van der Waals surface area (Å²) in [5.41, 5.74) is 12.9. The Labute approximate surface area is 101 Å². The Balaban J connectivity index is 2.04. The first-order valence-electron chi connectivity index (χ1n) is 6.02. The summed E-state index contributed by atoms with van der Waals surface area (Å²) in [6.07, 6.45) is 3.30. The van der Waals surface area contributed by atoms with Gasteiger partial charge in [-0.2, -0.15) is 0 Å². The molecular formula is C13H19N3O. The molecule has 1 saturated carbocycles. The molecule has 0 aromatic heterocycles. The van der Waals surface area contributed by atoms with Crippen LogP contribution in [-0.2, 0) is 0 Å². The first-order chi connectivity index (χ1) is 8.06. The Morgan fingerprint density at radius 1 is 1.35 bits per heavy atom. The highest BCUT2D eigenvalue weighted by atomic mass is 16.1. The molecule has 17 heavy (non-hydrogen) atoms. The van der Waals surface area contributed by atoms with Crippen LogP contribution in [0.2, 0.25) is 0 Å². The molecule has 92 valence electrons. The fraction of sp³-hybridized carbons (Fsp3) is 0.462. The second kappa shape index (κ2) is 4.65. The fourth-order valence-electron chi connectivity index (χ4n) is 2.39. The topological polar surface area (TPSA) is 81.1 Å². The summed E-state index contributed by atoms with van der Waals surface area (Å²) >= 11 is 0. The van der Waals surface area contributed by atoms with Crippen LogP contribution in [0, 0.1) is 5.92 Å². The molecule has 0 aliphatic heterocycles. The highest BCUT2D eigenvalue weighted by Gasteiger charge is 2.23. The molecule has 0 heterocycles. The van der Waals surface area contributed by atoms with E-state index in [1.165, 1.54) is 6.42 Å². The average Bonchev–Trinajstić information content (AvgIpc) is 2.63. The van der Waals surface area contributed by atoms with E-state index < -0.39 is 0 Å². The molecule has 2 rings (SSSR count). The minimum Gasteiger partial charge on any atom is -0.399 e. The van der Waals surface area contributed by atoms with E-state index in [4.69, 9.17) is 11.5 Å².